The Kier molecular flexibility index (Phi) is 3.11. The molecule has 0 bridgehead atoms. The van der Waals surface area contributed by atoms with Gasteiger partial charge in [0.15, 0.2) is 0 Å². The van der Waals surface area contributed by atoms with Crippen molar-refractivity contribution in [2.75, 3.05) is 0 Å². The first-order valence-electron chi connectivity index (χ1n) is 5.77. The molecule has 1 nitrogen and oxygen atoms in total. The van der Waals surface area contributed by atoms with Gasteiger partial charge >= 0.3 is 0 Å². The summed E-state index contributed by atoms with van der Waals surface area (Å²) in [4.78, 5) is 0. The number of ether oxygens (including phenoxy) is 1. The first-order chi connectivity index (χ1) is 8.92. The maximum atomic E-state index is 5.75. The van der Waals surface area contributed by atoms with Gasteiger partial charge in [-0.25, -0.2) is 0 Å². The lowest BCUT2D eigenvalue weighted by Crippen LogP contribution is -1.83. The number of para-hydroxylation sites is 1. The molecule has 0 saturated heterocycles. The molecule has 0 spiro atoms. The van der Waals surface area contributed by atoms with Crippen LogP contribution in [0.2, 0.25) is 0 Å². The van der Waals surface area contributed by atoms with Gasteiger partial charge in [0.1, 0.15) is 11.5 Å². The van der Waals surface area contributed by atoms with Gasteiger partial charge in [0.05, 0.1) is 0 Å². The van der Waals surface area contributed by atoms with Crippen LogP contribution in [0.25, 0.3) is 11.1 Å². The fraction of sp³-hybridized carbons (Fsp3) is 0. The maximum Gasteiger partial charge on any atom is 0.127 e. The second-order valence-corrected chi connectivity index (χ2v) is 4.73. The minimum Gasteiger partial charge on any atom is -0.457 e. The van der Waals surface area contributed by atoms with Crippen molar-refractivity contribution in [2.24, 2.45) is 0 Å². The van der Waals surface area contributed by atoms with Crippen LogP contribution in [0.1, 0.15) is 0 Å². The van der Waals surface area contributed by atoms with E-state index in [0.29, 0.717) is 0 Å². The Morgan fingerprint density at radius 3 is 2.06 bits per heavy atom. The number of hydrogen-bond acceptors (Lipinski definition) is 2. The lowest BCUT2D eigenvalue weighted by molar-refractivity contribution is 0.483. The van der Waals surface area contributed by atoms with Gasteiger partial charge in [-0.2, -0.15) is 11.3 Å². The minimum absolute atomic E-state index is 0.861. The highest BCUT2D eigenvalue weighted by Gasteiger charge is 1.99. The highest BCUT2D eigenvalue weighted by molar-refractivity contribution is 7.08. The topological polar surface area (TPSA) is 9.23 Å². The average Bonchev–Trinajstić information content (AvgIpc) is 2.95. The van der Waals surface area contributed by atoms with Gasteiger partial charge in [-0.1, -0.05) is 30.3 Å². The van der Waals surface area contributed by atoms with E-state index in [1.807, 2.05) is 42.5 Å². The van der Waals surface area contributed by atoms with Crippen LogP contribution < -0.4 is 4.74 Å². The molecule has 1 heterocycles. The van der Waals surface area contributed by atoms with Crippen LogP contribution >= 0.6 is 11.3 Å². The quantitative estimate of drug-likeness (QED) is 0.622. The normalized spacial score (nSPS) is 10.2. The largest absolute Gasteiger partial charge is 0.457 e. The van der Waals surface area contributed by atoms with Crippen molar-refractivity contribution in [1.29, 1.82) is 0 Å². The van der Waals surface area contributed by atoms with Crippen LogP contribution in [0.15, 0.2) is 71.4 Å². The molecule has 0 aliphatic rings. The summed E-state index contributed by atoms with van der Waals surface area (Å²) in [6.07, 6.45) is 0. The molecule has 18 heavy (non-hydrogen) atoms. The van der Waals surface area contributed by atoms with Crippen molar-refractivity contribution in [2.45, 2.75) is 0 Å². The summed E-state index contributed by atoms with van der Waals surface area (Å²) < 4.78 is 5.75. The number of hydrogen-bond donors (Lipinski definition) is 0. The number of rotatable bonds is 3. The Bertz CT molecular complexity index is 597. The van der Waals surface area contributed by atoms with Crippen LogP contribution in [0.4, 0.5) is 0 Å². The third-order valence-corrected chi connectivity index (χ3v) is 3.37. The molecule has 0 atom stereocenters. The minimum atomic E-state index is 0.861. The van der Waals surface area contributed by atoms with Crippen molar-refractivity contribution in [1.82, 2.24) is 0 Å². The smallest absolute Gasteiger partial charge is 0.127 e. The van der Waals surface area contributed by atoms with E-state index in [0.717, 1.165) is 11.5 Å². The zero-order chi connectivity index (χ0) is 12.2. The van der Waals surface area contributed by atoms with E-state index < -0.39 is 0 Å². The average molecular weight is 252 g/mol. The summed E-state index contributed by atoms with van der Waals surface area (Å²) >= 11 is 1.71. The molecule has 0 saturated carbocycles. The van der Waals surface area contributed by atoms with Crippen LogP contribution in [0.5, 0.6) is 11.5 Å². The maximum absolute atomic E-state index is 5.75. The van der Waals surface area contributed by atoms with Crippen molar-refractivity contribution in [3.63, 3.8) is 0 Å². The molecule has 2 heteroatoms. The van der Waals surface area contributed by atoms with Crippen LogP contribution in [0.3, 0.4) is 0 Å². The second kappa shape index (κ2) is 5.07. The summed E-state index contributed by atoms with van der Waals surface area (Å²) in [7, 11) is 0. The zero-order valence-corrected chi connectivity index (χ0v) is 10.6. The van der Waals surface area contributed by atoms with Gasteiger partial charge in [0.25, 0.3) is 0 Å². The van der Waals surface area contributed by atoms with Gasteiger partial charge in [-0.3, -0.25) is 0 Å². The van der Waals surface area contributed by atoms with Crippen molar-refractivity contribution < 1.29 is 4.74 Å². The van der Waals surface area contributed by atoms with Crippen molar-refractivity contribution in [3.8, 4) is 22.6 Å². The zero-order valence-electron chi connectivity index (χ0n) is 9.74. The lowest BCUT2D eigenvalue weighted by atomic mass is 10.1. The third kappa shape index (κ3) is 2.44. The molecule has 0 amide bonds. The van der Waals surface area contributed by atoms with E-state index in [-0.39, 0.29) is 0 Å². The Hall–Kier alpha value is -2.06. The molecule has 0 N–H and O–H groups in total. The molecule has 0 unspecified atom stereocenters. The van der Waals surface area contributed by atoms with Crippen molar-refractivity contribution >= 4 is 11.3 Å². The standard InChI is InChI=1S/C16H12OS/c1-2-4-15(5-3-1)17-16-8-6-13(7-9-16)14-10-11-18-12-14/h1-12H. The van der Waals surface area contributed by atoms with E-state index >= 15 is 0 Å². The Labute approximate surface area is 110 Å². The number of benzene rings is 2. The summed E-state index contributed by atoms with van der Waals surface area (Å²) in [6, 6.07) is 20.1. The Morgan fingerprint density at radius 1 is 0.667 bits per heavy atom. The SMILES string of the molecule is c1ccc(Oc2ccc(-c3ccsc3)cc2)cc1. The van der Waals surface area contributed by atoms with Gasteiger partial charge < -0.3 is 4.74 Å². The fourth-order valence-electron chi connectivity index (χ4n) is 1.77. The van der Waals surface area contributed by atoms with Gasteiger partial charge in [-0.15, -0.1) is 0 Å². The predicted octanol–water partition coefficient (Wildman–Crippen LogP) is 5.21. The van der Waals surface area contributed by atoms with E-state index in [1.54, 1.807) is 11.3 Å². The molecule has 88 valence electrons. The molecule has 0 aliphatic carbocycles. The van der Waals surface area contributed by atoms with Gasteiger partial charge in [-0.05, 0) is 52.2 Å². The van der Waals surface area contributed by atoms with E-state index in [2.05, 4.69) is 29.0 Å². The third-order valence-electron chi connectivity index (χ3n) is 2.69. The first-order valence-corrected chi connectivity index (χ1v) is 6.72. The summed E-state index contributed by atoms with van der Waals surface area (Å²) in [5.41, 5.74) is 2.47. The van der Waals surface area contributed by atoms with E-state index in [1.165, 1.54) is 11.1 Å². The molecule has 0 radical (unpaired) electrons. The Morgan fingerprint density at radius 2 is 1.39 bits per heavy atom. The summed E-state index contributed by atoms with van der Waals surface area (Å²) in [6.45, 7) is 0. The molecule has 3 rings (SSSR count). The first kappa shape index (κ1) is 11.1. The fourth-order valence-corrected chi connectivity index (χ4v) is 2.43. The monoisotopic (exact) mass is 252 g/mol. The van der Waals surface area contributed by atoms with Crippen LogP contribution in [-0.4, -0.2) is 0 Å². The molecular formula is C16H12OS. The van der Waals surface area contributed by atoms with Gasteiger partial charge in [0, 0.05) is 0 Å². The molecule has 1 aromatic heterocycles. The lowest BCUT2D eigenvalue weighted by Gasteiger charge is -2.06. The van der Waals surface area contributed by atoms with Crippen LogP contribution in [-0.2, 0) is 0 Å². The van der Waals surface area contributed by atoms with Gasteiger partial charge in [0.2, 0.25) is 0 Å². The van der Waals surface area contributed by atoms with E-state index in [9.17, 15) is 0 Å². The summed E-state index contributed by atoms with van der Waals surface area (Å²) in [5.74, 6) is 1.72. The van der Waals surface area contributed by atoms with Crippen LogP contribution in [0, 0.1) is 0 Å². The summed E-state index contributed by atoms with van der Waals surface area (Å²) in [5, 5.41) is 4.23. The number of thiophene rings is 1. The van der Waals surface area contributed by atoms with E-state index in [4.69, 9.17) is 4.74 Å². The Balaban J connectivity index is 1.80. The van der Waals surface area contributed by atoms with Crippen molar-refractivity contribution in [3.05, 3.63) is 71.4 Å². The molecule has 0 aliphatic heterocycles. The second-order valence-electron chi connectivity index (χ2n) is 3.95. The highest BCUT2D eigenvalue weighted by atomic mass is 32.1. The highest BCUT2D eigenvalue weighted by Crippen LogP contribution is 2.26. The molecule has 2 aromatic carbocycles. The molecular weight excluding hydrogens is 240 g/mol. The molecule has 0 fully saturated rings. The molecule has 3 aromatic rings. The predicted molar refractivity (Wildman–Crippen MR) is 76.3 cm³/mol.